The predicted molar refractivity (Wildman–Crippen MR) is 157 cm³/mol. The number of aromatic nitrogens is 1. The lowest BCUT2D eigenvalue weighted by Gasteiger charge is -2.16. The number of unbranched alkanes of at least 4 members (excludes halogenated alkanes) is 2. The second kappa shape index (κ2) is 14.7. The lowest BCUT2D eigenvalue weighted by Crippen LogP contribution is -2.16. The lowest BCUT2D eigenvalue weighted by molar-refractivity contribution is -0.139. The van der Waals surface area contributed by atoms with Crippen LogP contribution < -0.4 is 9.47 Å². The van der Waals surface area contributed by atoms with Crippen LogP contribution in [0.1, 0.15) is 65.4 Å². The van der Waals surface area contributed by atoms with Crippen molar-refractivity contribution in [3.8, 4) is 22.8 Å². The van der Waals surface area contributed by atoms with Crippen LogP contribution in [0, 0.1) is 11.8 Å². The number of hydrogen-bond acceptors (Lipinski definition) is 4. The number of benzene rings is 2. The van der Waals surface area contributed by atoms with Gasteiger partial charge < -0.3 is 18.8 Å². The average molecular weight is 520 g/mol. The van der Waals surface area contributed by atoms with Crippen molar-refractivity contribution >= 4 is 16.9 Å². The highest BCUT2D eigenvalue weighted by atomic mass is 16.5. The summed E-state index contributed by atoms with van der Waals surface area (Å²) in [5.74, 6) is 2.06. The van der Waals surface area contributed by atoms with E-state index in [1.807, 2.05) is 13.0 Å². The van der Waals surface area contributed by atoms with Crippen molar-refractivity contribution in [1.82, 2.24) is 4.57 Å². The Morgan fingerprint density at radius 1 is 1.03 bits per heavy atom. The van der Waals surface area contributed by atoms with Crippen molar-refractivity contribution in [2.24, 2.45) is 11.8 Å². The number of fused-ring (bicyclic) bond motifs is 1. The minimum atomic E-state index is -0.408. The molecule has 0 amide bonds. The third kappa shape index (κ3) is 8.14. The second-order valence-corrected chi connectivity index (χ2v) is 10.7. The molecule has 0 radical (unpaired) electrons. The molecule has 3 rings (SSSR count). The number of nitrogens with zero attached hydrogens (tertiary/aromatic N) is 1. The third-order valence-electron chi connectivity index (χ3n) is 6.86. The van der Waals surface area contributed by atoms with Crippen LogP contribution >= 0.6 is 0 Å². The predicted octanol–water partition coefficient (Wildman–Crippen LogP) is 8.23. The summed E-state index contributed by atoms with van der Waals surface area (Å²) in [4.78, 5) is 11.4. The molecule has 38 heavy (non-hydrogen) atoms. The summed E-state index contributed by atoms with van der Waals surface area (Å²) in [6, 6.07) is 15.2. The molecule has 5 heteroatoms. The van der Waals surface area contributed by atoms with Gasteiger partial charge in [0.25, 0.3) is 0 Å². The van der Waals surface area contributed by atoms with Crippen LogP contribution in [-0.2, 0) is 22.5 Å². The Balaban J connectivity index is 1.90. The minimum Gasteiger partial charge on any atom is -0.496 e. The molecule has 0 aliphatic carbocycles. The van der Waals surface area contributed by atoms with E-state index < -0.39 is 5.97 Å². The van der Waals surface area contributed by atoms with Gasteiger partial charge in [0, 0.05) is 35.6 Å². The van der Waals surface area contributed by atoms with Gasteiger partial charge in [0.15, 0.2) is 0 Å². The van der Waals surface area contributed by atoms with Gasteiger partial charge in [0.1, 0.15) is 11.5 Å². The van der Waals surface area contributed by atoms with Gasteiger partial charge >= 0.3 is 5.97 Å². The molecule has 0 spiro atoms. The fourth-order valence-corrected chi connectivity index (χ4v) is 4.70. The van der Waals surface area contributed by atoms with Gasteiger partial charge in [-0.05, 0) is 67.5 Å². The summed E-state index contributed by atoms with van der Waals surface area (Å²) in [6.45, 7) is 13.9. The van der Waals surface area contributed by atoms with Crippen LogP contribution in [0.4, 0.5) is 0 Å². The fourth-order valence-electron chi connectivity index (χ4n) is 4.70. The van der Waals surface area contributed by atoms with Crippen LogP contribution in [0.25, 0.3) is 22.2 Å². The van der Waals surface area contributed by atoms with Crippen molar-refractivity contribution in [2.45, 2.75) is 72.8 Å². The molecule has 0 bridgehead atoms. The highest BCUT2D eigenvalue weighted by Crippen LogP contribution is 2.37. The molecule has 1 atom stereocenters. The first-order chi connectivity index (χ1) is 18.4. The SMILES string of the molecule is C=CC(=O)OCC(C)COc1ccc2cc(-c3ccc(CCCCC)cc3OC)n(CCCC(C)C)c2c1. The standard InChI is InChI=1S/C33H45NO4/c1-7-9-10-13-26-14-17-29(32(19-26)36-6)31-20-27-15-16-28(37-22-25(5)23-38-33(35)8-2)21-30(27)34(31)18-11-12-24(3)4/h8,14-17,19-21,24-25H,2,7,9-13,18,22-23H2,1,3-6H3. The van der Waals surface area contributed by atoms with Gasteiger partial charge in [-0.25, -0.2) is 4.79 Å². The molecule has 3 aromatic rings. The number of rotatable bonds is 16. The number of hydrogen-bond donors (Lipinski definition) is 0. The minimum absolute atomic E-state index is 0.0723. The Kier molecular flexibility index (Phi) is 11.3. The smallest absolute Gasteiger partial charge is 0.330 e. The Labute approximate surface area is 228 Å². The molecule has 0 aliphatic heterocycles. The molecule has 0 N–H and O–H groups in total. The van der Waals surface area contributed by atoms with Gasteiger partial charge in [0.05, 0.1) is 31.5 Å². The highest BCUT2D eigenvalue weighted by molar-refractivity contribution is 5.89. The van der Waals surface area contributed by atoms with Crippen molar-refractivity contribution < 1.29 is 19.0 Å². The Morgan fingerprint density at radius 3 is 2.55 bits per heavy atom. The van der Waals surface area contributed by atoms with E-state index in [9.17, 15) is 4.79 Å². The van der Waals surface area contributed by atoms with E-state index >= 15 is 0 Å². The second-order valence-electron chi connectivity index (χ2n) is 10.7. The maximum atomic E-state index is 11.4. The van der Waals surface area contributed by atoms with E-state index in [-0.39, 0.29) is 5.92 Å². The maximum absolute atomic E-state index is 11.4. The monoisotopic (exact) mass is 519 g/mol. The van der Waals surface area contributed by atoms with E-state index in [1.54, 1.807) is 7.11 Å². The Hall–Kier alpha value is -3.21. The summed E-state index contributed by atoms with van der Waals surface area (Å²) in [6.07, 6.45) is 8.20. The normalized spacial score (nSPS) is 12.1. The number of ether oxygens (including phenoxy) is 3. The molecule has 0 saturated heterocycles. The van der Waals surface area contributed by atoms with Gasteiger partial charge in [0.2, 0.25) is 0 Å². The quantitative estimate of drug-likeness (QED) is 0.109. The molecular weight excluding hydrogens is 474 g/mol. The molecule has 0 aliphatic rings. The number of carbonyl (C=O) groups is 1. The lowest BCUT2D eigenvalue weighted by atomic mass is 10.0. The Morgan fingerprint density at radius 2 is 1.84 bits per heavy atom. The summed E-state index contributed by atoms with van der Waals surface area (Å²) >= 11 is 0. The van der Waals surface area contributed by atoms with E-state index in [0.29, 0.717) is 19.1 Å². The van der Waals surface area contributed by atoms with Crippen LogP contribution in [-0.4, -0.2) is 30.9 Å². The molecule has 2 aromatic carbocycles. The first-order valence-corrected chi connectivity index (χ1v) is 14.1. The van der Waals surface area contributed by atoms with Gasteiger partial charge in [-0.3, -0.25) is 0 Å². The van der Waals surface area contributed by atoms with Crippen molar-refractivity contribution in [2.75, 3.05) is 20.3 Å². The molecule has 5 nitrogen and oxygen atoms in total. The van der Waals surface area contributed by atoms with E-state index in [1.165, 1.54) is 48.4 Å². The van der Waals surface area contributed by atoms with E-state index in [2.05, 4.69) is 68.3 Å². The van der Waals surface area contributed by atoms with Crippen molar-refractivity contribution in [3.63, 3.8) is 0 Å². The number of methoxy groups -OCH3 is 1. The van der Waals surface area contributed by atoms with Crippen LogP contribution in [0.3, 0.4) is 0 Å². The average Bonchev–Trinajstić information content (AvgIpc) is 3.27. The topological polar surface area (TPSA) is 49.7 Å². The zero-order valence-electron chi connectivity index (χ0n) is 23.9. The van der Waals surface area contributed by atoms with Crippen molar-refractivity contribution in [3.05, 3.63) is 60.7 Å². The largest absolute Gasteiger partial charge is 0.496 e. The van der Waals surface area contributed by atoms with E-state index in [4.69, 9.17) is 14.2 Å². The molecule has 206 valence electrons. The van der Waals surface area contributed by atoms with E-state index in [0.717, 1.165) is 42.0 Å². The first-order valence-electron chi connectivity index (χ1n) is 14.1. The molecule has 1 heterocycles. The maximum Gasteiger partial charge on any atom is 0.330 e. The van der Waals surface area contributed by atoms with Gasteiger partial charge in [-0.15, -0.1) is 0 Å². The zero-order valence-corrected chi connectivity index (χ0v) is 23.9. The number of esters is 1. The number of aryl methyl sites for hydroxylation is 2. The summed E-state index contributed by atoms with van der Waals surface area (Å²) < 4.78 is 19.6. The summed E-state index contributed by atoms with van der Waals surface area (Å²) in [5, 5.41) is 1.18. The summed E-state index contributed by atoms with van der Waals surface area (Å²) in [5.41, 5.74) is 4.77. The summed E-state index contributed by atoms with van der Waals surface area (Å²) in [7, 11) is 1.76. The number of carbonyl (C=O) groups excluding carboxylic acids is 1. The Bertz CT molecular complexity index is 1190. The molecule has 0 saturated carbocycles. The van der Waals surface area contributed by atoms with Gasteiger partial charge in [-0.1, -0.05) is 53.2 Å². The third-order valence-corrected chi connectivity index (χ3v) is 6.86. The zero-order chi connectivity index (χ0) is 27.5. The first kappa shape index (κ1) is 29.3. The van der Waals surface area contributed by atoms with Crippen LogP contribution in [0.2, 0.25) is 0 Å². The van der Waals surface area contributed by atoms with Crippen molar-refractivity contribution in [1.29, 1.82) is 0 Å². The molecular formula is C33H45NO4. The van der Waals surface area contributed by atoms with Crippen LogP contribution in [0.15, 0.2) is 55.1 Å². The highest BCUT2D eigenvalue weighted by Gasteiger charge is 2.16. The molecule has 1 unspecified atom stereocenters. The molecule has 0 fully saturated rings. The van der Waals surface area contributed by atoms with Crippen LogP contribution in [0.5, 0.6) is 11.5 Å². The fraction of sp³-hybridized carbons (Fsp3) is 0.485. The molecule has 1 aromatic heterocycles. The van der Waals surface area contributed by atoms with Gasteiger partial charge in [-0.2, -0.15) is 0 Å².